The van der Waals surface area contributed by atoms with Gasteiger partial charge in [0.25, 0.3) is 0 Å². The Kier molecular flexibility index (Phi) is 4.87. The number of rotatable bonds is 4. The molecule has 1 aliphatic rings. The second-order valence-electron chi connectivity index (χ2n) is 5.73. The summed E-state index contributed by atoms with van der Waals surface area (Å²) >= 11 is 0. The summed E-state index contributed by atoms with van der Waals surface area (Å²) in [5.41, 5.74) is 4.14. The zero-order chi connectivity index (χ0) is 13.8. The van der Waals surface area contributed by atoms with Gasteiger partial charge in [0.15, 0.2) is 0 Å². The van der Waals surface area contributed by atoms with E-state index >= 15 is 0 Å². The van der Waals surface area contributed by atoms with Crippen LogP contribution in [0.25, 0.3) is 0 Å². The first-order chi connectivity index (χ1) is 9.17. The number of hydrogen-bond acceptors (Lipinski definition) is 2. The van der Waals surface area contributed by atoms with Gasteiger partial charge in [-0.3, -0.25) is 0 Å². The van der Waals surface area contributed by atoms with Crippen molar-refractivity contribution in [2.24, 2.45) is 0 Å². The van der Waals surface area contributed by atoms with Gasteiger partial charge in [0.05, 0.1) is 7.11 Å². The van der Waals surface area contributed by atoms with Crippen LogP contribution in [0.5, 0.6) is 5.75 Å². The standard InChI is InChI=1S/C17H27NO/c1-5-18-16-9-7-6-8-14(16)15-10-13(3)17(19-4)11-12(15)2/h10-11,14,16,18H,5-9H2,1-4H3. The van der Waals surface area contributed by atoms with E-state index in [1.807, 2.05) is 0 Å². The van der Waals surface area contributed by atoms with Gasteiger partial charge >= 0.3 is 0 Å². The third-order valence-corrected chi connectivity index (χ3v) is 4.42. The van der Waals surface area contributed by atoms with Crippen molar-refractivity contribution in [1.82, 2.24) is 5.32 Å². The Morgan fingerprint density at radius 2 is 1.89 bits per heavy atom. The first-order valence-electron chi connectivity index (χ1n) is 7.55. The van der Waals surface area contributed by atoms with Crippen molar-refractivity contribution >= 4 is 0 Å². The summed E-state index contributed by atoms with van der Waals surface area (Å²) in [7, 11) is 1.75. The number of aryl methyl sites for hydroxylation is 2. The van der Waals surface area contributed by atoms with Crippen LogP contribution in [-0.4, -0.2) is 19.7 Å². The zero-order valence-corrected chi connectivity index (χ0v) is 12.8. The largest absolute Gasteiger partial charge is 0.496 e. The van der Waals surface area contributed by atoms with Gasteiger partial charge in [-0.05, 0) is 61.9 Å². The number of nitrogens with one attached hydrogen (secondary N) is 1. The van der Waals surface area contributed by atoms with Crippen LogP contribution in [0.3, 0.4) is 0 Å². The molecule has 1 aliphatic carbocycles. The predicted molar refractivity (Wildman–Crippen MR) is 81.1 cm³/mol. The summed E-state index contributed by atoms with van der Waals surface area (Å²) in [6, 6.07) is 5.18. The van der Waals surface area contributed by atoms with Crippen molar-refractivity contribution in [2.45, 2.75) is 58.4 Å². The Morgan fingerprint density at radius 1 is 1.16 bits per heavy atom. The molecule has 1 aromatic rings. The number of hydrogen-bond donors (Lipinski definition) is 1. The van der Waals surface area contributed by atoms with Crippen LogP contribution >= 0.6 is 0 Å². The van der Waals surface area contributed by atoms with E-state index in [1.165, 1.54) is 42.4 Å². The molecule has 0 saturated heterocycles. The molecular weight excluding hydrogens is 234 g/mol. The Hall–Kier alpha value is -1.02. The van der Waals surface area contributed by atoms with Gasteiger partial charge in [-0.1, -0.05) is 25.8 Å². The topological polar surface area (TPSA) is 21.3 Å². The molecule has 2 unspecified atom stereocenters. The lowest BCUT2D eigenvalue weighted by Crippen LogP contribution is -2.37. The highest BCUT2D eigenvalue weighted by Crippen LogP contribution is 2.37. The van der Waals surface area contributed by atoms with Crippen molar-refractivity contribution < 1.29 is 4.74 Å². The SMILES string of the molecule is CCNC1CCCCC1c1cc(C)c(OC)cc1C. The fourth-order valence-corrected chi connectivity index (χ4v) is 3.44. The lowest BCUT2D eigenvalue weighted by atomic mass is 9.78. The van der Waals surface area contributed by atoms with Crippen molar-refractivity contribution in [3.8, 4) is 5.75 Å². The average molecular weight is 261 g/mol. The van der Waals surface area contributed by atoms with Crippen LogP contribution in [0.15, 0.2) is 12.1 Å². The van der Waals surface area contributed by atoms with Crippen LogP contribution in [0.4, 0.5) is 0 Å². The molecule has 2 atom stereocenters. The first kappa shape index (κ1) is 14.4. The average Bonchev–Trinajstić information content (AvgIpc) is 2.42. The van der Waals surface area contributed by atoms with Gasteiger partial charge in [0, 0.05) is 6.04 Å². The normalized spacial score (nSPS) is 23.4. The van der Waals surface area contributed by atoms with Gasteiger partial charge in [0.2, 0.25) is 0 Å². The van der Waals surface area contributed by atoms with Gasteiger partial charge in [-0.15, -0.1) is 0 Å². The minimum atomic E-state index is 0.644. The van der Waals surface area contributed by atoms with Crippen molar-refractivity contribution in [3.63, 3.8) is 0 Å². The van der Waals surface area contributed by atoms with E-state index in [1.54, 1.807) is 7.11 Å². The van der Waals surface area contributed by atoms with Gasteiger partial charge in [-0.25, -0.2) is 0 Å². The van der Waals surface area contributed by atoms with E-state index in [-0.39, 0.29) is 0 Å². The molecule has 1 aromatic carbocycles. The molecule has 19 heavy (non-hydrogen) atoms. The number of benzene rings is 1. The maximum Gasteiger partial charge on any atom is 0.122 e. The van der Waals surface area contributed by atoms with E-state index in [0.29, 0.717) is 12.0 Å². The molecule has 0 heterocycles. The van der Waals surface area contributed by atoms with Gasteiger partial charge in [0.1, 0.15) is 5.75 Å². The zero-order valence-electron chi connectivity index (χ0n) is 12.8. The maximum absolute atomic E-state index is 5.43. The highest BCUT2D eigenvalue weighted by atomic mass is 16.5. The fourth-order valence-electron chi connectivity index (χ4n) is 3.44. The third-order valence-electron chi connectivity index (χ3n) is 4.42. The van der Waals surface area contributed by atoms with E-state index in [2.05, 4.69) is 38.2 Å². The molecule has 2 nitrogen and oxygen atoms in total. The number of methoxy groups -OCH3 is 1. The molecule has 0 aliphatic heterocycles. The maximum atomic E-state index is 5.43. The molecule has 2 rings (SSSR count). The summed E-state index contributed by atoms with van der Waals surface area (Å²) in [6.45, 7) is 7.63. The summed E-state index contributed by atoms with van der Waals surface area (Å²) in [6.07, 6.45) is 5.34. The minimum absolute atomic E-state index is 0.644. The molecule has 2 heteroatoms. The Bertz CT molecular complexity index is 426. The molecule has 0 bridgehead atoms. The lowest BCUT2D eigenvalue weighted by molar-refractivity contribution is 0.331. The molecule has 1 fully saturated rings. The Labute approximate surface area is 117 Å². The Morgan fingerprint density at radius 3 is 2.58 bits per heavy atom. The fraction of sp³-hybridized carbons (Fsp3) is 0.647. The van der Waals surface area contributed by atoms with Crippen molar-refractivity contribution in [3.05, 3.63) is 28.8 Å². The smallest absolute Gasteiger partial charge is 0.122 e. The van der Waals surface area contributed by atoms with Crippen LogP contribution in [0, 0.1) is 13.8 Å². The molecule has 0 spiro atoms. The van der Waals surface area contributed by atoms with Crippen LogP contribution in [-0.2, 0) is 0 Å². The molecule has 0 radical (unpaired) electrons. The van der Waals surface area contributed by atoms with Crippen molar-refractivity contribution in [1.29, 1.82) is 0 Å². The predicted octanol–water partition coefficient (Wildman–Crippen LogP) is 3.95. The first-order valence-corrected chi connectivity index (χ1v) is 7.55. The van der Waals surface area contributed by atoms with Crippen LogP contribution in [0.2, 0.25) is 0 Å². The summed E-state index contributed by atoms with van der Waals surface area (Å²) in [4.78, 5) is 0. The molecule has 0 amide bonds. The third kappa shape index (κ3) is 3.11. The quantitative estimate of drug-likeness (QED) is 0.886. The van der Waals surface area contributed by atoms with Crippen LogP contribution < -0.4 is 10.1 Å². The van der Waals surface area contributed by atoms with Gasteiger partial charge < -0.3 is 10.1 Å². The minimum Gasteiger partial charge on any atom is -0.496 e. The number of ether oxygens (including phenoxy) is 1. The second-order valence-corrected chi connectivity index (χ2v) is 5.73. The molecule has 106 valence electrons. The summed E-state index contributed by atoms with van der Waals surface area (Å²) in [5, 5.41) is 3.68. The van der Waals surface area contributed by atoms with E-state index in [9.17, 15) is 0 Å². The second kappa shape index (κ2) is 6.42. The van der Waals surface area contributed by atoms with Crippen molar-refractivity contribution in [2.75, 3.05) is 13.7 Å². The molecule has 0 aromatic heterocycles. The summed E-state index contributed by atoms with van der Waals surface area (Å²) < 4.78 is 5.43. The highest BCUT2D eigenvalue weighted by Gasteiger charge is 2.27. The van der Waals surface area contributed by atoms with E-state index in [4.69, 9.17) is 4.74 Å². The number of likely N-dealkylation sites (N-methyl/N-ethyl adjacent to an activating group) is 1. The highest BCUT2D eigenvalue weighted by molar-refractivity contribution is 5.43. The van der Waals surface area contributed by atoms with E-state index < -0.39 is 0 Å². The summed E-state index contributed by atoms with van der Waals surface area (Å²) in [5.74, 6) is 1.68. The van der Waals surface area contributed by atoms with Gasteiger partial charge in [-0.2, -0.15) is 0 Å². The Balaban J connectivity index is 2.30. The molecule has 1 N–H and O–H groups in total. The van der Waals surface area contributed by atoms with E-state index in [0.717, 1.165) is 12.3 Å². The monoisotopic (exact) mass is 261 g/mol. The lowest BCUT2D eigenvalue weighted by Gasteiger charge is -2.33. The van der Waals surface area contributed by atoms with Crippen LogP contribution in [0.1, 0.15) is 55.2 Å². The molecule has 1 saturated carbocycles. The molecular formula is C17H27NO.